The van der Waals surface area contributed by atoms with Crippen LogP contribution in [0.1, 0.15) is 12.8 Å². The van der Waals surface area contributed by atoms with Crippen molar-refractivity contribution in [2.45, 2.75) is 12.8 Å². The second kappa shape index (κ2) is 3.45. The Hall–Kier alpha value is -2.10. The number of H-pyrrole nitrogens is 2. The van der Waals surface area contributed by atoms with Crippen LogP contribution in [-0.2, 0) is 0 Å². The molecule has 0 radical (unpaired) electrons. The second-order valence-electron chi connectivity index (χ2n) is 5.10. The minimum Gasteiger partial charge on any atom is -0.385 e. The van der Waals surface area contributed by atoms with Crippen molar-refractivity contribution in [3.05, 3.63) is 24.3 Å². The van der Waals surface area contributed by atoms with Gasteiger partial charge in [0.15, 0.2) is 0 Å². The third kappa shape index (κ3) is 1.38. The molecule has 1 aliphatic rings. The molecular formula is C14H16N4. The van der Waals surface area contributed by atoms with Crippen LogP contribution in [0, 0.1) is 0 Å². The van der Waals surface area contributed by atoms with Gasteiger partial charge in [-0.15, -0.1) is 0 Å². The van der Waals surface area contributed by atoms with Gasteiger partial charge in [0.2, 0.25) is 0 Å². The predicted octanol–water partition coefficient (Wildman–Crippen LogP) is 2.83. The molecule has 4 rings (SSSR count). The Morgan fingerprint density at radius 3 is 2.33 bits per heavy atom. The van der Waals surface area contributed by atoms with Gasteiger partial charge in [0.25, 0.3) is 0 Å². The van der Waals surface area contributed by atoms with Crippen molar-refractivity contribution in [1.82, 2.24) is 9.97 Å². The maximum absolute atomic E-state index is 5.78. The molecule has 1 fully saturated rings. The summed E-state index contributed by atoms with van der Waals surface area (Å²) in [7, 11) is 0. The zero-order valence-corrected chi connectivity index (χ0v) is 10.2. The quantitative estimate of drug-likeness (QED) is 0.612. The molecule has 0 saturated carbocycles. The summed E-state index contributed by atoms with van der Waals surface area (Å²) in [4.78, 5) is 9.11. The van der Waals surface area contributed by atoms with Crippen molar-refractivity contribution >= 4 is 33.4 Å². The molecule has 18 heavy (non-hydrogen) atoms. The van der Waals surface area contributed by atoms with E-state index in [4.69, 9.17) is 5.73 Å². The van der Waals surface area contributed by atoms with Gasteiger partial charge < -0.3 is 20.6 Å². The topological polar surface area (TPSA) is 60.8 Å². The lowest BCUT2D eigenvalue weighted by molar-refractivity contribution is 0.949. The fourth-order valence-corrected chi connectivity index (χ4v) is 2.90. The van der Waals surface area contributed by atoms with E-state index in [1.54, 1.807) is 0 Å². The first-order valence-corrected chi connectivity index (χ1v) is 6.45. The number of nitrogens with two attached hydrogens (primary N) is 1. The molecular weight excluding hydrogens is 224 g/mol. The van der Waals surface area contributed by atoms with Crippen molar-refractivity contribution in [3.8, 4) is 0 Å². The number of hydrogen-bond acceptors (Lipinski definition) is 2. The second-order valence-corrected chi connectivity index (χ2v) is 5.10. The minimum absolute atomic E-state index is 0.720. The van der Waals surface area contributed by atoms with Crippen molar-refractivity contribution in [3.63, 3.8) is 0 Å². The van der Waals surface area contributed by atoms with E-state index < -0.39 is 0 Å². The van der Waals surface area contributed by atoms with Gasteiger partial charge in [-0.1, -0.05) is 0 Å². The van der Waals surface area contributed by atoms with E-state index in [0.29, 0.717) is 0 Å². The summed E-state index contributed by atoms with van der Waals surface area (Å²) in [6.07, 6.45) is 2.60. The molecule has 3 aromatic rings. The minimum atomic E-state index is 0.720. The molecule has 92 valence electrons. The zero-order valence-electron chi connectivity index (χ0n) is 10.2. The zero-order chi connectivity index (χ0) is 12.1. The summed E-state index contributed by atoms with van der Waals surface area (Å²) in [5.74, 6) is 1.96. The average Bonchev–Trinajstić information content (AvgIpc) is 3.02. The highest BCUT2D eigenvalue weighted by Crippen LogP contribution is 2.28. The molecule has 1 aliphatic heterocycles. The van der Waals surface area contributed by atoms with Gasteiger partial charge in [-0.05, 0) is 37.1 Å². The highest BCUT2D eigenvalue weighted by molar-refractivity contribution is 5.98. The van der Waals surface area contributed by atoms with Gasteiger partial charge in [-0.3, -0.25) is 0 Å². The Bertz CT molecular complexity index is 665. The lowest BCUT2D eigenvalue weighted by Crippen LogP contribution is -2.17. The highest BCUT2D eigenvalue weighted by Gasteiger charge is 2.14. The number of fused-ring (bicyclic) bond motifs is 2. The number of anilines is 2. The monoisotopic (exact) mass is 240 g/mol. The summed E-state index contributed by atoms with van der Waals surface area (Å²) in [5.41, 5.74) is 8.06. The summed E-state index contributed by atoms with van der Waals surface area (Å²) >= 11 is 0. The van der Waals surface area contributed by atoms with Crippen LogP contribution in [0.5, 0.6) is 0 Å². The van der Waals surface area contributed by atoms with Gasteiger partial charge in [0, 0.05) is 34.9 Å². The van der Waals surface area contributed by atoms with Crippen molar-refractivity contribution in [2.24, 2.45) is 0 Å². The first kappa shape index (κ1) is 9.88. The van der Waals surface area contributed by atoms with E-state index in [-0.39, 0.29) is 0 Å². The average molecular weight is 240 g/mol. The number of nitrogens with one attached hydrogen (secondary N) is 2. The highest BCUT2D eigenvalue weighted by atomic mass is 15.2. The third-order valence-electron chi connectivity index (χ3n) is 3.81. The number of nitrogen functional groups attached to an aromatic ring is 1. The van der Waals surface area contributed by atoms with E-state index >= 15 is 0 Å². The molecule has 3 heterocycles. The van der Waals surface area contributed by atoms with Crippen LogP contribution in [0.4, 0.5) is 11.6 Å². The first-order valence-electron chi connectivity index (χ1n) is 6.45. The van der Waals surface area contributed by atoms with E-state index in [1.165, 1.54) is 29.6 Å². The van der Waals surface area contributed by atoms with Crippen LogP contribution in [-0.4, -0.2) is 23.1 Å². The summed E-state index contributed by atoms with van der Waals surface area (Å²) in [6.45, 7) is 2.33. The first-order chi connectivity index (χ1) is 8.79. The van der Waals surface area contributed by atoms with E-state index in [2.05, 4.69) is 33.1 Å². The van der Waals surface area contributed by atoms with Crippen molar-refractivity contribution in [1.29, 1.82) is 0 Å². The van der Waals surface area contributed by atoms with E-state index in [0.717, 1.165) is 29.8 Å². The van der Waals surface area contributed by atoms with Gasteiger partial charge in [-0.25, -0.2) is 0 Å². The number of rotatable bonds is 1. The largest absolute Gasteiger partial charge is 0.385 e. The smallest absolute Gasteiger partial charge is 0.106 e. The molecule has 0 amide bonds. The lowest BCUT2D eigenvalue weighted by atomic mass is 10.2. The van der Waals surface area contributed by atoms with Gasteiger partial charge >= 0.3 is 0 Å². The maximum atomic E-state index is 5.78. The summed E-state index contributed by atoms with van der Waals surface area (Å²) in [5, 5.41) is 2.40. The number of nitrogens with zero attached hydrogens (tertiary/aromatic N) is 1. The number of aromatic nitrogens is 2. The summed E-state index contributed by atoms with van der Waals surface area (Å²) < 4.78 is 0. The molecule has 0 bridgehead atoms. The third-order valence-corrected chi connectivity index (χ3v) is 3.81. The Kier molecular flexibility index (Phi) is 1.89. The molecule has 0 atom stereocenters. The molecule has 1 aromatic carbocycles. The van der Waals surface area contributed by atoms with Crippen LogP contribution in [0.25, 0.3) is 21.8 Å². The standard InChI is InChI=1S/C14H16N4/c15-13-7-9-5-12-10(6-11(9)16-13)8-14(17-12)18-3-1-2-4-18/h5-8,16-17H,1-4,15H2. The predicted molar refractivity (Wildman–Crippen MR) is 76.0 cm³/mol. The number of aromatic amines is 2. The van der Waals surface area contributed by atoms with Crippen molar-refractivity contribution < 1.29 is 0 Å². The lowest BCUT2D eigenvalue weighted by Gasteiger charge is -2.14. The fourth-order valence-electron chi connectivity index (χ4n) is 2.90. The van der Waals surface area contributed by atoms with Crippen LogP contribution in [0.2, 0.25) is 0 Å². The SMILES string of the molecule is Nc1cc2cc3[nH]c(N4CCCC4)cc3cc2[nH]1. The Morgan fingerprint density at radius 2 is 1.56 bits per heavy atom. The Morgan fingerprint density at radius 1 is 0.889 bits per heavy atom. The molecule has 2 aromatic heterocycles. The van der Waals surface area contributed by atoms with Crippen molar-refractivity contribution in [2.75, 3.05) is 23.7 Å². The normalized spacial score (nSPS) is 16.1. The number of hydrogen-bond donors (Lipinski definition) is 3. The Balaban J connectivity index is 1.88. The van der Waals surface area contributed by atoms with Gasteiger partial charge in [0.05, 0.1) is 0 Å². The number of benzene rings is 1. The summed E-state index contributed by atoms with van der Waals surface area (Å²) in [6, 6.07) is 8.54. The van der Waals surface area contributed by atoms with Crippen LogP contribution in [0.15, 0.2) is 24.3 Å². The molecule has 0 aliphatic carbocycles. The molecule has 0 unspecified atom stereocenters. The van der Waals surface area contributed by atoms with Crippen LogP contribution < -0.4 is 10.6 Å². The molecule has 4 nitrogen and oxygen atoms in total. The fraction of sp³-hybridized carbons (Fsp3) is 0.286. The van der Waals surface area contributed by atoms with E-state index in [9.17, 15) is 0 Å². The van der Waals surface area contributed by atoms with Crippen LogP contribution in [0.3, 0.4) is 0 Å². The van der Waals surface area contributed by atoms with Gasteiger partial charge in [-0.2, -0.15) is 0 Å². The van der Waals surface area contributed by atoms with E-state index in [1.807, 2.05) is 6.07 Å². The molecule has 0 spiro atoms. The molecule has 4 heteroatoms. The van der Waals surface area contributed by atoms with Crippen LogP contribution >= 0.6 is 0 Å². The molecule has 4 N–H and O–H groups in total. The maximum Gasteiger partial charge on any atom is 0.106 e. The molecule has 1 saturated heterocycles. The Labute approximate surface area is 105 Å². The van der Waals surface area contributed by atoms with Gasteiger partial charge in [0.1, 0.15) is 11.6 Å².